The standard InChI is InChI=1S/C6H9NOS.C2H6/c1-2-4-8-6-7-3-5-9-6;1-2/h3,5H,2,4H2,1H3;1-2H3. The summed E-state index contributed by atoms with van der Waals surface area (Å²) in [5, 5.41) is 2.68. The molecule has 0 spiro atoms. The molecule has 0 aliphatic carbocycles. The van der Waals surface area contributed by atoms with Gasteiger partial charge in [0.05, 0.1) is 6.61 Å². The molecule has 0 aromatic carbocycles. The van der Waals surface area contributed by atoms with E-state index in [2.05, 4.69) is 11.9 Å². The summed E-state index contributed by atoms with van der Waals surface area (Å²) in [6.45, 7) is 6.85. The quantitative estimate of drug-likeness (QED) is 0.701. The number of aromatic nitrogens is 1. The van der Waals surface area contributed by atoms with Crippen molar-refractivity contribution in [2.24, 2.45) is 0 Å². The first-order valence-electron chi connectivity index (χ1n) is 3.95. The summed E-state index contributed by atoms with van der Waals surface area (Å²) in [4.78, 5) is 3.95. The molecule has 11 heavy (non-hydrogen) atoms. The Bertz CT molecular complexity index is 151. The van der Waals surface area contributed by atoms with Crippen LogP contribution in [-0.2, 0) is 0 Å². The van der Waals surface area contributed by atoms with Gasteiger partial charge in [-0.05, 0) is 6.42 Å². The molecule has 0 saturated carbocycles. The van der Waals surface area contributed by atoms with Crippen molar-refractivity contribution >= 4 is 11.3 Å². The van der Waals surface area contributed by atoms with E-state index in [0.29, 0.717) is 0 Å². The van der Waals surface area contributed by atoms with Gasteiger partial charge in [0.1, 0.15) is 0 Å². The molecule has 0 fully saturated rings. The molecule has 1 heterocycles. The lowest BCUT2D eigenvalue weighted by molar-refractivity contribution is 0.316. The minimum atomic E-state index is 0.771. The third-order valence-corrected chi connectivity index (χ3v) is 1.52. The van der Waals surface area contributed by atoms with Crippen LogP contribution in [0.4, 0.5) is 0 Å². The van der Waals surface area contributed by atoms with Gasteiger partial charge in [-0.3, -0.25) is 0 Å². The first-order valence-corrected chi connectivity index (χ1v) is 4.83. The monoisotopic (exact) mass is 173 g/mol. The molecule has 0 radical (unpaired) electrons. The molecule has 2 nitrogen and oxygen atoms in total. The molecular weight excluding hydrogens is 158 g/mol. The van der Waals surface area contributed by atoms with Crippen LogP contribution >= 0.6 is 11.3 Å². The maximum atomic E-state index is 5.20. The van der Waals surface area contributed by atoms with Crippen LogP contribution in [0.5, 0.6) is 5.19 Å². The Labute approximate surface area is 72.2 Å². The molecule has 3 heteroatoms. The Hall–Kier alpha value is -0.570. The van der Waals surface area contributed by atoms with Crippen molar-refractivity contribution < 1.29 is 4.74 Å². The second kappa shape index (κ2) is 7.54. The average Bonchev–Trinajstić information content (AvgIpc) is 2.57. The van der Waals surface area contributed by atoms with Crippen LogP contribution in [0.15, 0.2) is 11.6 Å². The van der Waals surface area contributed by atoms with Gasteiger partial charge in [0.2, 0.25) is 0 Å². The molecule has 0 unspecified atom stereocenters. The van der Waals surface area contributed by atoms with Gasteiger partial charge in [-0.15, -0.1) is 0 Å². The molecule has 0 saturated heterocycles. The van der Waals surface area contributed by atoms with Crippen LogP contribution in [-0.4, -0.2) is 11.6 Å². The normalized spacial score (nSPS) is 8.27. The van der Waals surface area contributed by atoms with Gasteiger partial charge in [0, 0.05) is 11.6 Å². The molecule has 1 aromatic heterocycles. The number of hydrogen-bond donors (Lipinski definition) is 0. The number of thiazole rings is 1. The highest BCUT2D eigenvalue weighted by atomic mass is 32.1. The lowest BCUT2D eigenvalue weighted by Gasteiger charge is -1.95. The molecule has 0 bridgehead atoms. The number of hydrogen-bond acceptors (Lipinski definition) is 3. The molecule has 64 valence electrons. The summed E-state index contributed by atoms with van der Waals surface area (Å²) < 4.78 is 5.20. The summed E-state index contributed by atoms with van der Waals surface area (Å²) in [6, 6.07) is 0. The third-order valence-electron chi connectivity index (χ3n) is 0.839. The maximum absolute atomic E-state index is 5.20. The van der Waals surface area contributed by atoms with Crippen molar-refractivity contribution in [1.82, 2.24) is 4.98 Å². The van der Waals surface area contributed by atoms with E-state index in [4.69, 9.17) is 4.74 Å². The van der Waals surface area contributed by atoms with Crippen molar-refractivity contribution in [3.8, 4) is 5.19 Å². The minimum absolute atomic E-state index is 0.771. The maximum Gasteiger partial charge on any atom is 0.273 e. The number of rotatable bonds is 3. The molecule has 0 amide bonds. The topological polar surface area (TPSA) is 22.1 Å². The van der Waals surface area contributed by atoms with Crippen molar-refractivity contribution in [3.63, 3.8) is 0 Å². The number of ether oxygens (including phenoxy) is 1. The van der Waals surface area contributed by atoms with E-state index in [1.165, 1.54) is 11.3 Å². The van der Waals surface area contributed by atoms with Crippen LogP contribution in [0.2, 0.25) is 0 Å². The van der Waals surface area contributed by atoms with Crippen LogP contribution in [0.25, 0.3) is 0 Å². The summed E-state index contributed by atoms with van der Waals surface area (Å²) in [7, 11) is 0. The zero-order valence-corrected chi connectivity index (χ0v) is 8.15. The second-order valence-corrected chi connectivity index (χ2v) is 2.50. The van der Waals surface area contributed by atoms with E-state index < -0.39 is 0 Å². The first-order chi connectivity index (χ1) is 5.43. The van der Waals surface area contributed by atoms with Gasteiger partial charge in [0.25, 0.3) is 5.19 Å². The molecule has 0 aliphatic rings. The van der Waals surface area contributed by atoms with Gasteiger partial charge in [0.15, 0.2) is 0 Å². The Morgan fingerprint density at radius 2 is 2.27 bits per heavy atom. The van der Waals surface area contributed by atoms with E-state index in [1.54, 1.807) is 6.20 Å². The Morgan fingerprint density at radius 1 is 1.55 bits per heavy atom. The van der Waals surface area contributed by atoms with Gasteiger partial charge >= 0.3 is 0 Å². The summed E-state index contributed by atoms with van der Waals surface area (Å²) in [5.41, 5.74) is 0. The third kappa shape index (κ3) is 4.79. The summed E-state index contributed by atoms with van der Waals surface area (Å²) in [5.74, 6) is 0. The zero-order chi connectivity index (χ0) is 8.53. The molecule has 0 aliphatic heterocycles. The fourth-order valence-corrected chi connectivity index (χ4v) is 0.982. The fraction of sp³-hybridized carbons (Fsp3) is 0.625. The van der Waals surface area contributed by atoms with Crippen molar-refractivity contribution in [1.29, 1.82) is 0 Å². The first kappa shape index (κ1) is 10.4. The average molecular weight is 173 g/mol. The Kier molecular flexibility index (Phi) is 7.15. The van der Waals surface area contributed by atoms with Gasteiger partial charge in [-0.1, -0.05) is 32.1 Å². The lowest BCUT2D eigenvalue weighted by Crippen LogP contribution is -1.93. The van der Waals surface area contributed by atoms with Gasteiger partial charge in [-0.2, -0.15) is 0 Å². The van der Waals surface area contributed by atoms with Crippen molar-refractivity contribution in [2.45, 2.75) is 27.2 Å². The van der Waals surface area contributed by atoms with Crippen molar-refractivity contribution in [2.75, 3.05) is 6.61 Å². The largest absolute Gasteiger partial charge is 0.470 e. The van der Waals surface area contributed by atoms with Gasteiger partial charge < -0.3 is 4.74 Å². The SMILES string of the molecule is CC.CCCOc1nccs1. The molecular formula is C8H15NOS. The molecule has 0 N–H and O–H groups in total. The smallest absolute Gasteiger partial charge is 0.273 e. The summed E-state index contributed by atoms with van der Waals surface area (Å²) in [6.07, 6.45) is 2.79. The van der Waals surface area contributed by atoms with Crippen LogP contribution in [0.3, 0.4) is 0 Å². The van der Waals surface area contributed by atoms with E-state index in [0.717, 1.165) is 18.2 Å². The van der Waals surface area contributed by atoms with E-state index >= 15 is 0 Å². The lowest BCUT2D eigenvalue weighted by atomic mass is 10.5. The fourth-order valence-electron chi connectivity index (χ4n) is 0.471. The van der Waals surface area contributed by atoms with Crippen LogP contribution < -0.4 is 4.74 Å². The second-order valence-electron chi connectivity index (χ2n) is 1.65. The predicted molar refractivity (Wildman–Crippen MR) is 49.2 cm³/mol. The van der Waals surface area contributed by atoms with Gasteiger partial charge in [-0.25, -0.2) is 4.98 Å². The van der Waals surface area contributed by atoms with Crippen LogP contribution in [0.1, 0.15) is 27.2 Å². The highest BCUT2D eigenvalue weighted by Gasteiger charge is 1.90. The minimum Gasteiger partial charge on any atom is -0.470 e. The predicted octanol–water partition coefficient (Wildman–Crippen LogP) is 2.96. The molecule has 1 rings (SSSR count). The summed E-state index contributed by atoms with van der Waals surface area (Å²) >= 11 is 1.53. The Balaban J connectivity index is 0.000000461. The highest BCUT2D eigenvalue weighted by molar-refractivity contribution is 7.11. The Morgan fingerprint density at radius 3 is 2.73 bits per heavy atom. The van der Waals surface area contributed by atoms with Crippen molar-refractivity contribution in [3.05, 3.63) is 11.6 Å². The number of nitrogens with zero attached hydrogens (tertiary/aromatic N) is 1. The van der Waals surface area contributed by atoms with E-state index in [1.807, 2.05) is 19.2 Å². The van der Waals surface area contributed by atoms with E-state index in [9.17, 15) is 0 Å². The zero-order valence-electron chi connectivity index (χ0n) is 7.33. The van der Waals surface area contributed by atoms with E-state index in [-0.39, 0.29) is 0 Å². The van der Waals surface area contributed by atoms with Crippen LogP contribution in [0, 0.1) is 0 Å². The molecule has 0 atom stereocenters. The highest BCUT2D eigenvalue weighted by Crippen LogP contribution is 2.12. The molecule has 1 aromatic rings.